The van der Waals surface area contributed by atoms with Crippen LogP contribution in [0.5, 0.6) is 5.75 Å². The monoisotopic (exact) mass is 548 g/mol. The van der Waals surface area contributed by atoms with Crippen LogP contribution in [0.25, 0.3) is 10.9 Å². The minimum absolute atomic E-state index is 0.103. The van der Waals surface area contributed by atoms with Gasteiger partial charge in [-0.25, -0.2) is 4.98 Å². The molecule has 0 spiro atoms. The molecule has 0 bridgehead atoms. The number of morpholine rings is 2. The van der Waals surface area contributed by atoms with Crippen LogP contribution in [0.4, 0.5) is 24.7 Å². The van der Waals surface area contributed by atoms with Crippen LogP contribution in [0.1, 0.15) is 31.5 Å². The second-order valence-corrected chi connectivity index (χ2v) is 11.1. The highest BCUT2D eigenvalue weighted by Crippen LogP contribution is 2.45. The molecule has 8 nitrogen and oxygen atoms in total. The Balaban J connectivity index is 1.41. The molecule has 1 atom stereocenters. The number of phenolic OH excluding ortho intramolecular Hbond substituents is 1. The van der Waals surface area contributed by atoms with Crippen LogP contribution in [0.2, 0.25) is 0 Å². The highest BCUT2D eigenvalue weighted by Gasteiger charge is 2.56. The number of pyridine rings is 1. The van der Waals surface area contributed by atoms with Gasteiger partial charge in [0.15, 0.2) is 5.60 Å². The molecular weight excluding hydrogens is 513 g/mol. The molecule has 1 unspecified atom stereocenters. The van der Waals surface area contributed by atoms with Crippen molar-refractivity contribution < 1.29 is 32.9 Å². The molecule has 0 amide bonds. The zero-order valence-corrected chi connectivity index (χ0v) is 22.2. The van der Waals surface area contributed by atoms with Gasteiger partial charge in [0.05, 0.1) is 38.1 Å². The summed E-state index contributed by atoms with van der Waals surface area (Å²) in [4.78, 5) is 11.6. The van der Waals surface area contributed by atoms with Crippen molar-refractivity contribution in [2.75, 3.05) is 62.4 Å². The molecule has 2 saturated heterocycles. The lowest BCUT2D eigenvalue weighted by Gasteiger charge is -2.38. The number of aromatic amines is 1. The number of aliphatic hydroxyl groups is 1. The van der Waals surface area contributed by atoms with Gasteiger partial charge in [-0.1, -0.05) is 13.8 Å². The number of aromatic hydroxyl groups is 1. The molecule has 0 saturated carbocycles. The number of anilines is 2. The van der Waals surface area contributed by atoms with E-state index in [1.807, 2.05) is 6.07 Å². The summed E-state index contributed by atoms with van der Waals surface area (Å²) in [6.45, 7) is 8.23. The Morgan fingerprint density at radius 3 is 2.23 bits per heavy atom. The van der Waals surface area contributed by atoms with E-state index < -0.39 is 30.0 Å². The third kappa shape index (κ3) is 5.80. The maximum absolute atomic E-state index is 14.5. The van der Waals surface area contributed by atoms with E-state index in [-0.39, 0.29) is 11.4 Å². The summed E-state index contributed by atoms with van der Waals surface area (Å²) in [6, 6.07) is 8.46. The molecule has 5 rings (SSSR count). The SMILES string of the molecule is CC(C)(CC(O)(Cc1cc2cc(N3CCOCC3)ncc2[nH]1)C(F)(F)F)c1cc(N2CCOCC2)ccc1O. The fraction of sp³-hybridized carbons (Fsp3) is 0.536. The third-order valence-electron chi connectivity index (χ3n) is 7.71. The van der Waals surface area contributed by atoms with Crippen LogP contribution in [0, 0.1) is 0 Å². The first-order valence-corrected chi connectivity index (χ1v) is 13.2. The van der Waals surface area contributed by atoms with Gasteiger partial charge >= 0.3 is 6.18 Å². The fourth-order valence-corrected chi connectivity index (χ4v) is 5.63. The van der Waals surface area contributed by atoms with Crippen molar-refractivity contribution in [1.29, 1.82) is 0 Å². The molecule has 1 aromatic carbocycles. The molecule has 3 N–H and O–H groups in total. The van der Waals surface area contributed by atoms with Crippen molar-refractivity contribution in [1.82, 2.24) is 9.97 Å². The standard InChI is InChI=1S/C28H35F3N4O4/c1-26(2,22-15-21(3-4-24(22)36)34-5-9-38-10-6-34)18-27(37,28(29,30)31)16-20-13-19-14-25(32-17-23(19)33-20)35-7-11-39-12-8-35/h3-4,13-15,17,33,36-37H,5-12,16,18H2,1-2H3. The van der Waals surface area contributed by atoms with Crippen LogP contribution >= 0.6 is 0 Å². The number of H-pyrrole nitrogens is 1. The predicted molar refractivity (Wildman–Crippen MR) is 143 cm³/mol. The largest absolute Gasteiger partial charge is 0.508 e. The zero-order valence-electron chi connectivity index (χ0n) is 22.2. The van der Waals surface area contributed by atoms with Crippen molar-refractivity contribution in [3.8, 4) is 5.75 Å². The number of hydrogen-bond donors (Lipinski definition) is 3. The molecule has 212 valence electrons. The van der Waals surface area contributed by atoms with Crippen molar-refractivity contribution in [3.63, 3.8) is 0 Å². The van der Waals surface area contributed by atoms with Crippen molar-refractivity contribution >= 4 is 22.4 Å². The Bertz CT molecular complexity index is 1300. The Labute approximate surface area is 225 Å². The van der Waals surface area contributed by atoms with Gasteiger partial charge in [-0.2, -0.15) is 13.2 Å². The van der Waals surface area contributed by atoms with Crippen LogP contribution in [0.3, 0.4) is 0 Å². The summed E-state index contributed by atoms with van der Waals surface area (Å²) in [5.41, 5.74) is -2.24. The number of nitrogens with one attached hydrogen (secondary N) is 1. The number of alkyl halides is 3. The van der Waals surface area contributed by atoms with Crippen LogP contribution in [-0.4, -0.2) is 84.6 Å². The molecule has 4 heterocycles. The number of ether oxygens (including phenoxy) is 2. The topological polar surface area (TPSA) is 94.1 Å². The maximum atomic E-state index is 14.5. The van der Waals surface area contributed by atoms with Gasteiger partial charge in [-0.3, -0.25) is 0 Å². The predicted octanol–water partition coefficient (Wildman–Crippen LogP) is 4.15. The lowest BCUT2D eigenvalue weighted by molar-refractivity contribution is -0.266. The molecule has 11 heteroatoms. The summed E-state index contributed by atoms with van der Waals surface area (Å²) in [7, 11) is 0. The number of nitrogens with zero attached hydrogens (tertiary/aromatic N) is 3. The van der Waals surface area contributed by atoms with Crippen molar-refractivity contribution in [2.45, 2.75) is 43.9 Å². The van der Waals surface area contributed by atoms with Crippen molar-refractivity contribution in [2.24, 2.45) is 0 Å². The fourth-order valence-electron chi connectivity index (χ4n) is 5.63. The molecule has 2 fully saturated rings. The minimum atomic E-state index is -4.91. The Hall–Kier alpha value is -3.02. The van der Waals surface area contributed by atoms with Gasteiger partial charge in [0.1, 0.15) is 11.6 Å². The highest BCUT2D eigenvalue weighted by atomic mass is 19.4. The lowest BCUT2D eigenvalue weighted by atomic mass is 9.73. The highest BCUT2D eigenvalue weighted by molar-refractivity contribution is 5.82. The van der Waals surface area contributed by atoms with E-state index in [1.54, 1.807) is 38.2 Å². The van der Waals surface area contributed by atoms with Crippen LogP contribution < -0.4 is 9.80 Å². The molecule has 3 aromatic rings. The molecule has 2 aliphatic rings. The number of aromatic nitrogens is 2. The van der Waals surface area contributed by atoms with Crippen LogP contribution in [-0.2, 0) is 21.3 Å². The molecule has 39 heavy (non-hydrogen) atoms. The van der Waals surface area contributed by atoms with Crippen molar-refractivity contribution in [3.05, 3.63) is 47.8 Å². The first kappa shape index (κ1) is 27.5. The van der Waals surface area contributed by atoms with E-state index in [0.29, 0.717) is 63.7 Å². The van der Waals surface area contributed by atoms with Gasteiger partial charge in [0.2, 0.25) is 0 Å². The second-order valence-electron chi connectivity index (χ2n) is 11.1. The normalized spacial score (nSPS) is 18.9. The van der Waals surface area contributed by atoms with E-state index in [1.165, 1.54) is 6.07 Å². The summed E-state index contributed by atoms with van der Waals surface area (Å²) in [5, 5.41) is 22.6. The number of rotatable bonds is 7. The number of hydrogen-bond acceptors (Lipinski definition) is 7. The average Bonchev–Trinajstić information content (AvgIpc) is 3.30. The molecule has 2 aromatic heterocycles. The Morgan fingerprint density at radius 1 is 0.949 bits per heavy atom. The van der Waals surface area contributed by atoms with E-state index >= 15 is 0 Å². The number of benzene rings is 1. The zero-order chi connectivity index (χ0) is 27.8. The average molecular weight is 549 g/mol. The minimum Gasteiger partial charge on any atom is -0.508 e. The number of halogens is 3. The van der Waals surface area contributed by atoms with E-state index in [0.717, 1.165) is 16.9 Å². The second kappa shape index (κ2) is 10.5. The number of phenols is 1. The first-order chi connectivity index (χ1) is 18.5. The van der Waals surface area contributed by atoms with Crippen LogP contribution in [0.15, 0.2) is 36.5 Å². The molecule has 2 aliphatic heterocycles. The number of fused-ring (bicyclic) bond motifs is 1. The first-order valence-electron chi connectivity index (χ1n) is 13.2. The summed E-state index contributed by atoms with van der Waals surface area (Å²) >= 11 is 0. The van der Waals surface area contributed by atoms with E-state index in [2.05, 4.69) is 19.8 Å². The maximum Gasteiger partial charge on any atom is 0.417 e. The lowest BCUT2D eigenvalue weighted by Crippen LogP contribution is -2.51. The smallest absolute Gasteiger partial charge is 0.417 e. The van der Waals surface area contributed by atoms with Gasteiger partial charge < -0.3 is 34.5 Å². The summed E-state index contributed by atoms with van der Waals surface area (Å²) in [6.07, 6.45) is -4.60. The Kier molecular flexibility index (Phi) is 7.43. The third-order valence-corrected chi connectivity index (χ3v) is 7.71. The summed E-state index contributed by atoms with van der Waals surface area (Å²) < 4.78 is 54.3. The molecule has 0 aliphatic carbocycles. The van der Waals surface area contributed by atoms with Gasteiger partial charge in [-0.15, -0.1) is 0 Å². The van der Waals surface area contributed by atoms with Gasteiger partial charge in [0, 0.05) is 54.9 Å². The van der Waals surface area contributed by atoms with Gasteiger partial charge in [-0.05, 0) is 42.2 Å². The Morgan fingerprint density at radius 2 is 1.59 bits per heavy atom. The van der Waals surface area contributed by atoms with Gasteiger partial charge in [0.25, 0.3) is 0 Å². The van der Waals surface area contributed by atoms with E-state index in [9.17, 15) is 23.4 Å². The molecular formula is C28H35F3N4O4. The quantitative estimate of drug-likeness (QED) is 0.409. The molecule has 0 radical (unpaired) electrons. The van der Waals surface area contributed by atoms with E-state index in [4.69, 9.17) is 9.47 Å². The summed E-state index contributed by atoms with van der Waals surface area (Å²) in [5.74, 6) is 0.632.